The van der Waals surface area contributed by atoms with Crippen molar-refractivity contribution in [2.45, 2.75) is 13.8 Å². The molecule has 0 atom stereocenters. The number of pyridine rings is 1. The Morgan fingerprint density at radius 2 is 1.83 bits per heavy atom. The smallest absolute Gasteiger partial charge is 0.258 e. The van der Waals surface area contributed by atoms with Crippen molar-refractivity contribution in [2.75, 3.05) is 5.32 Å². The van der Waals surface area contributed by atoms with Gasteiger partial charge in [0.25, 0.3) is 5.91 Å². The van der Waals surface area contributed by atoms with Gasteiger partial charge in [-0.25, -0.2) is 4.39 Å². The Kier molecular flexibility index (Phi) is 4.38. The van der Waals surface area contributed by atoms with Gasteiger partial charge >= 0.3 is 0 Å². The van der Waals surface area contributed by atoms with Gasteiger partial charge in [-0.15, -0.1) is 0 Å². The largest absolute Gasteiger partial charge is 0.320 e. The molecule has 4 heteroatoms. The summed E-state index contributed by atoms with van der Waals surface area (Å²) in [5.74, 6) is -1.04. The first-order valence-electron chi connectivity index (χ1n) is 7.64. The zero-order valence-corrected chi connectivity index (χ0v) is 13.5. The maximum atomic E-state index is 13.6. The Morgan fingerprint density at radius 1 is 1.04 bits per heavy atom. The predicted molar refractivity (Wildman–Crippen MR) is 93.5 cm³/mol. The molecule has 120 valence electrons. The Balaban J connectivity index is 1.80. The highest BCUT2D eigenvalue weighted by atomic mass is 19.1. The number of aromatic nitrogens is 1. The van der Waals surface area contributed by atoms with Gasteiger partial charge in [-0.2, -0.15) is 0 Å². The molecule has 24 heavy (non-hydrogen) atoms. The number of rotatable bonds is 3. The van der Waals surface area contributed by atoms with Crippen LogP contribution in [0.2, 0.25) is 0 Å². The average Bonchev–Trinajstić information content (AvgIpc) is 2.56. The molecule has 1 heterocycles. The molecule has 0 fully saturated rings. The fourth-order valence-electron chi connectivity index (χ4n) is 2.57. The van der Waals surface area contributed by atoms with Crippen molar-refractivity contribution in [3.8, 4) is 11.3 Å². The van der Waals surface area contributed by atoms with Gasteiger partial charge < -0.3 is 5.32 Å². The lowest BCUT2D eigenvalue weighted by molar-refractivity contribution is 0.102. The summed E-state index contributed by atoms with van der Waals surface area (Å²) in [6, 6.07) is 15.7. The Morgan fingerprint density at radius 3 is 2.50 bits per heavy atom. The highest BCUT2D eigenvalue weighted by Crippen LogP contribution is 2.23. The van der Waals surface area contributed by atoms with Gasteiger partial charge in [-0.05, 0) is 43.7 Å². The predicted octanol–water partition coefficient (Wildman–Crippen LogP) is 4.76. The molecule has 3 rings (SSSR count). The van der Waals surface area contributed by atoms with E-state index in [0.29, 0.717) is 5.69 Å². The summed E-state index contributed by atoms with van der Waals surface area (Å²) in [5, 5.41) is 2.66. The molecule has 0 unspecified atom stereocenters. The van der Waals surface area contributed by atoms with Gasteiger partial charge in [-0.1, -0.05) is 35.9 Å². The lowest BCUT2D eigenvalue weighted by Crippen LogP contribution is -2.13. The highest BCUT2D eigenvalue weighted by molar-refractivity contribution is 6.04. The lowest BCUT2D eigenvalue weighted by Gasteiger charge is -2.09. The third kappa shape index (κ3) is 3.33. The van der Waals surface area contributed by atoms with Crippen LogP contribution >= 0.6 is 0 Å². The molecule has 0 saturated heterocycles. The third-order valence-electron chi connectivity index (χ3n) is 3.80. The van der Waals surface area contributed by atoms with Crippen LogP contribution in [0.4, 0.5) is 10.1 Å². The maximum Gasteiger partial charge on any atom is 0.258 e. The summed E-state index contributed by atoms with van der Waals surface area (Å²) in [5.41, 5.74) is 4.76. The summed E-state index contributed by atoms with van der Waals surface area (Å²) in [7, 11) is 0. The number of nitrogens with zero attached hydrogens (tertiary/aromatic N) is 1. The van der Waals surface area contributed by atoms with E-state index in [1.165, 1.54) is 17.7 Å². The first-order valence-corrected chi connectivity index (χ1v) is 7.64. The monoisotopic (exact) mass is 320 g/mol. The number of aryl methyl sites for hydroxylation is 2. The van der Waals surface area contributed by atoms with Crippen LogP contribution < -0.4 is 5.32 Å². The minimum absolute atomic E-state index is 0.0101. The van der Waals surface area contributed by atoms with Crippen molar-refractivity contribution in [1.29, 1.82) is 0 Å². The summed E-state index contributed by atoms with van der Waals surface area (Å²) in [4.78, 5) is 16.5. The second-order valence-corrected chi connectivity index (χ2v) is 5.68. The van der Waals surface area contributed by atoms with Crippen molar-refractivity contribution in [3.05, 3.63) is 83.3 Å². The van der Waals surface area contributed by atoms with Crippen molar-refractivity contribution >= 4 is 11.6 Å². The number of carbonyl (C=O) groups excluding carboxylic acids is 1. The van der Waals surface area contributed by atoms with E-state index in [1.807, 2.05) is 32.0 Å². The van der Waals surface area contributed by atoms with Crippen LogP contribution in [0.5, 0.6) is 0 Å². The van der Waals surface area contributed by atoms with E-state index in [2.05, 4.69) is 16.4 Å². The van der Waals surface area contributed by atoms with Gasteiger partial charge in [0.15, 0.2) is 0 Å². The van der Waals surface area contributed by atoms with Crippen LogP contribution in [0.15, 0.2) is 60.8 Å². The standard InChI is InChI=1S/C20H17FN2O/c1-13-7-9-16(14(2)11-13)19-10-8-15(12-22-19)23-20(24)17-5-3-4-6-18(17)21/h3-12H,1-2H3,(H,23,24). The number of hydrogen-bond acceptors (Lipinski definition) is 2. The topological polar surface area (TPSA) is 42.0 Å². The summed E-state index contributed by atoms with van der Waals surface area (Å²) >= 11 is 0. The minimum atomic E-state index is -0.546. The lowest BCUT2D eigenvalue weighted by atomic mass is 10.0. The van der Waals surface area contributed by atoms with Gasteiger partial charge in [0.1, 0.15) is 5.82 Å². The summed E-state index contributed by atoms with van der Waals surface area (Å²) < 4.78 is 13.6. The number of carbonyl (C=O) groups is 1. The molecular formula is C20H17FN2O. The zero-order chi connectivity index (χ0) is 17.1. The maximum absolute atomic E-state index is 13.6. The van der Waals surface area contributed by atoms with E-state index in [-0.39, 0.29) is 5.56 Å². The van der Waals surface area contributed by atoms with Gasteiger partial charge in [0.2, 0.25) is 0 Å². The van der Waals surface area contributed by atoms with Crippen molar-refractivity contribution in [3.63, 3.8) is 0 Å². The fourth-order valence-corrected chi connectivity index (χ4v) is 2.57. The average molecular weight is 320 g/mol. The molecule has 3 nitrogen and oxygen atoms in total. The van der Waals surface area contributed by atoms with E-state index in [4.69, 9.17) is 0 Å². The fraction of sp³-hybridized carbons (Fsp3) is 0.100. The van der Waals surface area contributed by atoms with Crippen LogP contribution in [0.3, 0.4) is 0 Å². The Labute approximate surface area is 140 Å². The number of halogens is 1. The van der Waals surface area contributed by atoms with E-state index < -0.39 is 11.7 Å². The summed E-state index contributed by atoms with van der Waals surface area (Å²) in [6.45, 7) is 4.09. The quantitative estimate of drug-likeness (QED) is 0.756. The molecule has 0 aliphatic heterocycles. The normalized spacial score (nSPS) is 10.5. The van der Waals surface area contributed by atoms with Crippen molar-refractivity contribution < 1.29 is 9.18 Å². The molecular weight excluding hydrogens is 303 g/mol. The van der Waals surface area contributed by atoms with Crippen molar-refractivity contribution in [1.82, 2.24) is 4.98 Å². The van der Waals surface area contributed by atoms with Gasteiger partial charge in [-0.3, -0.25) is 9.78 Å². The first-order chi connectivity index (χ1) is 11.5. The molecule has 2 aromatic carbocycles. The van der Waals surface area contributed by atoms with E-state index >= 15 is 0 Å². The Hall–Kier alpha value is -3.01. The molecule has 0 aliphatic carbocycles. The molecule has 0 radical (unpaired) electrons. The second kappa shape index (κ2) is 6.62. The molecule has 1 amide bonds. The number of benzene rings is 2. The molecule has 1 aromatic heterocycles. The number of anilines is 1. The molecule has 3 aromatic rings. The highest BCUT2D eigenvalue weighted by Gasteiger charge is 2.11. The van der Waals surface area contributed by atoms with Crippen LogP contribution in [0.25, 0.3) is 11.3 Å². The minimum Gasteiger partial charge on any atom is -0.320 e. The zero-order valence-electron chi connectivity index (χ0n) is 13.5. The molecule has 1 N–H and O–H groups in total. The van der Waals surface area contributed by atoms with Crippen LogP contribution in [0.1, 0.15) is 21.5 Å². The van der Waals surface area contributed by atoms with Gasteiger partial charge in [0.05, 0.1) is 23.1 Å². The Bertz CT molecular complexity index is 888. The van der Waals surface area contributed by atoms with Crippen LogP contribution in [-0.2, 0) is 0 Å². The van der Waals surface area contributed by atoms with Crippen LogP contribution in [-0.4, -0.2) is 10.9 Å². The SMILES string of the molecule is Cc1ccc(-c2ccc(NC(=O)c3ccccc3F)cn2)c(C)c1. The van der Waals surface area contributed by atoms with Crippen LogP contribution in [0, 0.1) is 19.7 Å². The first kappa shape index (κ1) is 15.9. The summed E-state index contributed by atoms with van der Waals surface area (Å²) in [6.07, 6.45) is 1.58. The van der Waals surface area contributed by atoms with E-state index in [9.17, 15) is 9.18 Å². The molecule has 0 spiro atoms. The number of nitrogens with one attached hydrogen (secondary N) is 1. The van der Waals surface area contributed by atoms with Gasteiger partial charge in [0, 0.05) is 5.56 Å². The second-order valence-electron chi connectivity index (χ2n) is 5.68. The van der Waals surface area contributed by atoms with E-state index in [1.54, 1.807) is 24.4 Å². The van der Waals surface area contributed by atoms with Crippen molar-refractivity contribution in [2.24, 2.45) is 0 Å². The molecule has 0 saturated carbocycles. The number of hydrogen-bond donors (Lipinski definition) is 1. The van der Waals surface area contributed by atoms with E-state index in [0.717, 1.165) is 16.8 Å². The molecule has 0 bridgehead atoms. The molecule has 0 aliphatic rings. The third-order valence-corrected chi connectivity index (χ3v) is 3.80. The number of amides is 1.